The maximum Gasteiger partial charge on any atom is 0.338 e. The lowest BCUT2D eigenvalue weighted by Crippen LogP contribution is -2.40. The number of methoxy groups -OCH3 is 1. The minimum Gasteiger partial charge on any atom is -0.497 e. The molecule has 0 amide bonds. The Kier molecular flexibility index (Phi) is 7.98. The monoisotopic (exact) mass is 554 g/mol. The number of allylic oxidation sites excluding steroid dienone is 1. The number of aromatic nitrogens is 1. The number of nitrogens with zero attached hydrogens (tertiary/aromatic N) is 2. The highest BCUT2D eigenvalue weighted by molar-refractivity contribution is 7.07. The van der Waals surface area contributed by atoms with Gasteiger partial charge in [0.05, 0.1) is 35.1 Å². The molecule has 0 bridgehead atoms. The van der Waals surface area contributed by atoms with Gasteiger partial charge in [-0.3, -0.25) is 9.36 Å². The number of esters is 1. The van der Waals surface area contributed by atoms with Gasteiger partial charge in [-0.05, 0) is 67.8 Å². The molecule has 0 spiro atoms. The van der Waals surface area contributed by atoms with Gasteiger partial charge < -0.3 is 14.2 Å². The average molecular weight is 555 g/mol. The van der Waals surface area contributed by atoms with Crippen LogP contribution in [0.15, 0.2) is 99.9 Å². The number of fused-ring (bicyclic) bond motifs is 1. The molecule has 1 aliphatic heterocycles. The zero-order valence-electron chi connectivity index (χ0n) is 22.8. The summed E-state index contributed by atoms with van der Waals surface area (Å²) < 4.78 is 18.9. The Bertz CT molecular complexity index is 1720. The Labute approximate surface area is 236 Å². The lowest BCUT2D eigenvalue weighted by Gasteiger charge is -2.25. The van der Waals surface area contributed by atoms with Crippen LogP contribution in [-0.4, -0.2) is 23.8 Å². The van der Waals surface area contributed by atoms with Gasteiger partial charge in [-0.15, -0.1) is 0 Å². The van der Waals surface area contributed by atoms with Gasteiger partial charge in [0.1, 0.15) is 18.1 Å². The second-order valence-electron chi connectivity index (χ2n) is 9.65. The molecule has 0 saturated heterocycles. The molecule has 204 valence electrons. The van der Waals surface area contributed by atoms with E-state index in [0.29, 0.717) is 33.0 Å². The van der Waals surface area contributed by atoms with Crippen LogP contribution in [-0.2, 0) is 16.1 Å². The van der Waals surface area contributed by atoms with Crippen molar-refractivity contribution < 1.29 is 19.0 Å². The molecule has 0 saturated carbocycles. The summed E-state index contributed by atoms with van der Waals surface area (Å²) in [6, 6.07) is 24.2. The Morgan fingerprint density at radius 3 is 2.33 bits per heavy atom. The quantitative estimate of drug-likeness (QED) is 0.293. The number of carbonyl (C=O) groups excluding carboxylic acids is 1. The molecule has 0 N–H and O–H groups in total. The third-order valence-electron chi connectivity index (χ3n) is 6.44. The predicted octanol–water partition coefficient (Wildman–Crippen LogP) is 4.77. The number of thiazole rings is 1. The SMILES string of the molecule is COc1ccc(C2C(C(=O)OC(C)C)=C(C)N=c3s/c(=C/c4ccc(OCc5ccccc5)cc4)c(=O)n32)cc1. The first-order chi connectivity index (χ1) is 19.3. The third kappa shape index (κ3) is 5.77. The van der Waals surface area contributed by atoms with Gasteiger partial charge in [0, 0.05) is 0 Å². The van der Waals surface area contributed by atoms with Crippen LogP contribution in [0.1, 0.15) is 43.5 Å². The van der Waals surface area contributed by atoms with Crippen LogP contribution in [0, 0.1) is 0 Å². The first-order valence-electron chi connectivity index (χ1n) is 13.0. The fourth-order valence-electron chi connectivity index (χ4n) is 4.51. The Morgan fingerprint density at radius 1 is 1.00 bits per heavy atom. The standard InChI is InChI=1S/C32H30N2O5S/c1-20(2)39-31(36)28-21(3)33-32-34(29(28)24-12-16-25(37-4)17-13-24)30(35)27(40-32)18-22-10-14-26(15-11-22)38-19-23-8-6-5-7-9-23/h5-18,20,29H,19H2,1-4H3/b27-18+. The molecule has 1 aliphatic rings. The summed E-state index contributed by atoms with van der Waals surface area (Å²) in [6.07, 6.45) is 1.52. The van der Waals surface area contributed by atoms with Gasteiger partial charge >= 0.3 is 5.97 Å². The largest absolute Gasteiger partial charge is 0.497 e. The molecule has 1 aromatic heterocycles. The average Bonchev–Trinajstić information content (AvgIpc) is 3.26. The summed E-state index contributed by atoms with van der Waals surface area (Å²) in [6.45, 7) is 5.84. The Morgan fingerprint density at radius 2 is 1.68 bits per heavy atom. The van der Waals surface area contributed by atoms with Crippen LogP contribution >= 0.6 is 11.3 Å². The molecule has 0 radical (unpaired) electrons. The van der Waals surface area contributed by atoms with E-state index in [9.17, 15) is 9.59 Å². The Balaban J connectivity index is 1.51. The van der Waals surface area contributed by atoms with E-state index in [0.717, 1.165) is 22.4 Å². The first kappa shape index (κ1) is 27.1. The normalized spacial score (nSPS) is 15.0. The van der Waals surface area contributed by atoms with Crippen molar-refractivity contribution in [2.24, 2.45) is 4.99 Å². The summed E-state index contributed by atoms with van der Waals surface area (Å²) >= 11 is 1.29. The maximum atomic E-state index is 13.8. The Hall–Kier alpha value is -4.43. The van der Waals surface area contributed by atoms with Gasteiger partial charge in [-0.25, -0.2) is 9.79 Å². The second-order valence-corrected chi connectivity index (χ2v) is 10.7. The van der Waals surface area contributed by atoms with Crippen LogP contribution in [0.5, 0.6) is 11.5 Å². The number of carbonyl (C=O) groups is 1. The fraction of sp³-hybridized carbons (Fsp3) is 0.219. The van der Waals surface area contributed by atoms with E-state index >= 15 is 0 Å². The van der Waals surface area contributed by atoms with Gasteiger partial charge in [-0.2, -0.15) is 0 Å². The smallest absolute Gasteiger partial charge is 0.338 e. The zero-order valence-corrected chi connectivity index (χ0v) is 23.6. The van der Waals surface area contributed by atoms with E-state index in [1.165, 1.54) is 11.3 Å². The molecule has 4 aromatic rings. The van der Waals surface area contributed by atoms with Crippen molar-refractivity contribution in [2.45, 2.75) is 39.5 Å². The van der Waals surface area contributed by atoms with Crippen LogP contribution < -0.4 is 24.4 Å². The van der Waals surface area contributed by atoms with Crippen molar-refractivity contribution in [3.63, 3.8) is 0 Å². The van der Waals surface area contributed by atoms with E-state index in [4.69, 9.17) is 14.2 Å². The molecule has 3 aromatic carbocycles. The van der Waals surface area contributed by atoms with Gasteiger partial charge in [-0.1, -0.05) is 65.9 Å². The summed E-state index contributed by atoms with van der Waals surface area (Å²) in [4.78, 5) is 32.2. The summed E-state index contributed by atoms with van der Waals surface area (Å²) in [5.74, 6) is 0.933. The van der Waals surface area contributed by atoms with E-state index < -0.39 is 12.0 Å². The highest BCUT2D eigenvalue weighted by atomic mass is 32.1. The third-order valence-corrected chi connectivity index (χ3v) is 7.43. The lowest BCUT2D eigenvalue weighted by molar-refractivity contribution is -0.143. The van der Waals surface area contributed by atoms with Crippen LogP contribution in [0.2, 0.25) is 0 Å². The van der Waals surface area contributed by atoms with Crippen LogP contribution in [0.25, 0.3) is 6.08 Å². The van der Waals surface area contributed by atoms with Gasteiger partial charge in [0.15, 0.2) is 4.80 Å². The van der Waals surface area contributed by atoms with Crippen molar-refractivity contribution in [3.05, 3.63) is 127 Å². The van der Waals surface area contributed by atoms with Crippen LogP contribution in [0.4, 0.5) is 0 Å². The summed E-state index contributed by atoms with van der Waals surface area (Å²) in [5, 5.41) is 0. The van der Waals surface area contributed by atoms with Crippen molar-refractivity contribution in [2.75, 3.05) is 7.11 Å². The van der Waals surface area contributed by atoms with Crippen molar-refractivity contribution in [3.8, 4) is 11.5 Å². The summed E-state index contributed by atoms with van der Waals surface area (Å²) in [5.41, 5.74) is 3.35. The topological polar surface area (TPSA) is 79.1 Å². The van der Waals surface area contributed by atoms with Crippen molar-refractivity contribution in [1.82, 2.24) is 4.57 Å². The maximum absolute atomic E-state index is 13.8. The number of hydrogen-bond acceptors (Lipinski definition) is 7. The minimum atomic E-state index is -0.677. The predicted molar refractivity (Wildman–Crippen MR) is 155 cm³/mol. The van der Waals surface area contributed by atoms with Crippen LogP contribution in [0.3, 0.4) is 0 Å². The van der Waals surface area contributed by atoms with Crippen molar-refractivity contribution in [1.29, 1.82) is 0 Å². The lowest BCUT2D eigenvalue weighted by atomic mass is 9.96. The molecule has 0 fully saturated rings. The number of benzene rings is 3. The first-order valence-corrected chi connectivity index (χ1v) is 13.8. The zero-order chi connectivity index (χ0) is 28.2. The molecule has 40 heavy (non-hydrogen) atoms. The molecule has 1 unspecified atom stereocenters. The van der Waals surface area contributed by atoms with E-state index in [2.05, 4.69) is 4.99 Å². The van der Waals surface area contributed by atoms with Crippen molar-refractivity contribution >= 4 is 23.4 Å². The fourth-order valence-corrected chi connectivity index (χ4v) is 5.56. The molecule has 5 rings (SSSR count). The number of hydrogen-bond donors (Lipinski definition) is 0. The van der Waals surface area contributed by atoms with Gasteiger partial charge in [0.2, 0.25) is 0 Å². The van der Waals surface area contributed by atoms with E-state index in [1.807, 2.05) is 84.9 Å². The highest BCUT2D eigenvalue weighted by Gasteiger charge is 2.33. The summed E-state index contributed by atoms with van der Waals surface area (Å²) in [7, 11) is 1.59. The van der Waals surface area contributed by atoms with E-state index in [-0.39, 0.29) is 11.7 Å². The number of rotatable bonds is 8. The molecular weight excluding hydrogens is 524 g/mol. The number of ether oxygens (including phenoxy) is 3. The molecule has 2 heterocycles. The molecule has 1 atom stereocenters. The molecular formula is C32H30N2O5S. The van der Waals surface area contributed by atoms with E-state index in [1.54, 1.807) is 32.4 Å². The molecule has 7 nitrogen and oxygen atoms in total. The highest BCUT2D eigenvalue weighted by Crippen LogP contribution is 2.32. The molecule has 8 heteroatoms. The van der Waals surface area contributed by atoms with Gasteiger partial charge in [0.25, 0.3) is 5.56 Å². The second kappa shape index (κ2) is 11.8. The molecule has 0 aliphatic carbocycles. The minimum absolute atomic E-state index is 0.226.